The van der Waals surface area contributed by atoms with Gasteiger partial charge in [-0.3, -0.25) is 0 Å². The fourth-order valence-electron chi connectivity index (χ4n) is 2.54. The van der Waals surface area contributed by atoms with Crippen molar-refractivity contribution in [2.75, 3.05) is 11.9 Å². The van der Waals surface area contributed by atoms with Crippen LogP contribution < -0.4 is 5.32 Å². The van der Waals surface area contributed by atoms with Crippen molar-refractivity contribution < 1.29 is 13.2 Å². The van der Waals surface area contributed by atoms with Crippen LogP contribution in [0.1, 0.15) is 37.9 Å². The number of nitrogens with zero attached hydrogens (tertiary/aromatic N) is 1. The predicted octanol–water partition coefficient (Wildman–Crippen LogP) is 4.52. The van der Waals surface area contributed by atoms with E-state index in [-0.39, 0.29) is 16.8 Å². The zero-order chi connectivity index (χ0) is 15.0. The van der Waals surface area contributed by atoms with E-state index in [9.17, 15) is 13.2 Å². The number of halogens is 3. The van der Waals surface area contributed by atoms with Gasteiger partial charge in [0.25, 0.3) is 0 Å². The molecule has 0 amide bonds. The number of aryl methyl sites for hydroxylation is 1. The molecule has 0 spiro atoms. The molecule has 20 heavy (non-hydrogen) atoms. The highest BCUT2D eigenvalue weighted by Crippen LogP contribution is 2.36. The van der Waals surface area contributed by atoms with Crippen molar-refractivity contribution in [3.63, 3.8) is 0 Å². The average Bonchev–Trinajstić information content (AvgIpc) is 2.35. The van der Waals surface area contributed by atoms with Crippen molar-refractivity contribution in [2.24, 2.45) is 0 Å². The van der Waals surface area contributed by atoms with Crippen LogP contribution in [0.2, 0.25) is 0 Å². The molecule has 0 fully saturated rings. The second kappa shape index (κ2) is 5.31. The van der Waals surface area contributed by atoms with Gasteiger partial charge in [0, 0.05) is 18.3 Å². The maximum Gasteiger partial charge on any atom is 0.185 e. The van der Waals surface area contributed by atoms with Crippen LogP contribution in [0.3, 0.4) is 0 Å². The summed E-state index contributed by atoms with van der Waals surface area (Å²) in [5.74, 6) is -3.04. The van der Waals surface area contributed by atoms with E-state index in [1.807, 2.05) is 20.8 Å². The zero-order valence-electron chi connectivity index (χ0n) is 11.9. The van der Waals surface area contributed by atoms with E-state index >= 15 is 0 Å². The second-order valence-electron chi connectivity index (χ2n) is 5.05. The molecule has 1 aromatic heterocycles. The molecule has 0 bridgehead atoms. The third-order valence-electron chi connectivity index (χ3n) is 3.27. The van der Waals surface area contributed by atoms with Gasteiger partial charge in [0.05, 0.1) is 11.1 Å². The molecule has 0 unspecified atom stereocenters. The number of rotatable bonds is 3. The second-order valence-corrected chi connectivity index (χ2v) is 5.05. The van der Waals surface area contributed by atoms with Crippen LogP contribution in [0.15, 0.2) is 6.07 Å². The Bertz CT molecular complexity index is 666. The summed E-state index contributed by atoms with van der Waals surface area (Å²) in [4.78, 5) is 4.07. The first-order valence-electron chi connectivity index (χ1n) is 6.60. The van der Waals surface area contributed by atoms with Crippen molar-refractivity contribution in [1.82, 2.24) is 4.98 Å². The molecule has 2 rings (SSSR count). The summed E-state index contributed by atoms with van der Waals surface area (Å²) in [5.41, 5.74) is 1.64. The summed E-state index contributed by atoms with van der Waals surface area (Å²) in [6.45, 7) is 8.04. The van der Waals surface area contributed by atoms with E-state index in [2.05, 4.69) is 10.3 Å². The molecule has 1 N–H and O–H groups in total. The number of aromatic nitrogens is 1. The van der Waals surface area contributed by atoms with E-state index < -0.39 is 17.5 Å². The molecule has 0 aliphatic rings. The normalized spacial score (nSPS) is 11.4. The van der Waals surface area contributed by atoms with E-state index in [1.54, 1.807) is 6.92 Å². The maximum atomic E-state index is 14.1. The van der Waals surface area contributed by atoms with E-state index in [1.165, 1.54) is 0 Å². The Kier molecular flexibility index (Phi) is 3.88. The first kappa shape index (κ1) is 14.6. The van der Waals surface area contributed by atoms with Gasteiger partial charge in [-0.2, -0.15) is 0 Å². The third-order valence-corrected chi connectivity index (χ3v) is 3.27. The van der Waals surface area contributed by atoms with E-state index in [0.717, 1.165) is 5.56 Å². The topological polar surface area (TPSA) is 24.9 Å². The molecule has 0 aliphatic heterocycles. The Morgan fingerprint density at radius 2 is 1.85 bits per heavy atom. The maximum absolute atomic E-state index is 14.1. The van der Waals surface area contributed by atoms with Gasteiger partial charge < -0.3 is 5.32 Å². The highest BCUT2D eigenvalue weighted by Gasteiger charge is 2.22. The van der Waals surface area contributed by atoms with Crippen LogP contribution in [0.25, 0.3) is 10.9 Å². The highest BCUT2D eigenvalue weighted by molar-refractivity contribution is 5.94. The summed E-state index contributed by atoms with van der Waals surface area (Å²) < 4.78 is 41.3. The summed E-state index contributed by atoms with van der Waals surface area (Å²) in [5, 5.41) is 3.07. The molecule has 0 saturated carbocycles. The molecule has 5 heteroatoms. The lowest BCUT2D eigenvalue weighted by molar-refractivity contribution is 0.504. The van der Waals surface area contributed by atoms with Gasteiger partial charge in [0.15, 0.2) is 11.6 Å². The van der Waals surface area contributed by atoms with Crippen molar-refractivity contribution in [1.29, 1.82) is 0 Å². The third kappa shape index (κ3) is 2.21. The first-order chi connectivity index (χ1) is 9.38. The van der Waals surface area contributed by atoms with Gasteiger partial charge >= 0.3 is 0 Å². The Morgan fingerprint density at radius 1 is 1.20 bits per heavy atom. The van der Waals surface area contributed by atoms with Crippen molar-refractivity contribution in [2.45, 2.75) is 33.6 Å². The quantitative estimate of drug-likeness (QED) is 0.837. The molecular formula is C15H17F3N2. The van der Waals surface area contributed by atoms with Crippen molar-refractivity contribution in [3.8, 4) is 0 Å². The summed E-state index contributed by atoms with van der Waals surface area (Å²) >= 11 is 0. The molecule has 2 aromatic rings. The number of anilines is 1. The van der Waals surface area contributed by atoms with Crippen LogP contribution in [0.5, 0.6) is 0 Å². The standard InChI is InChI=1S/C15H17F3N2/c1-5-19-14-11(7(2)3)8(4)20-15-12(14)9(16)6-10(17)13(15)18/h6-7H,5H2,1-4H3,(H,19,20). The monoisotopic (exact) mass is 282 g/mol. The van der Waals surface area contributed by atoms with Crippen molar-refractivity contribution in [3.05, 3.63) is 34.8 Å². The fourth-order valence-corrected chi connectivity index (χ4v) is 2.54. The Balaban J connectivity index is 2.98. The Hall–Kier alpha value is -1.78. The number of benzene rings is 1. The molecule has 0 radical (unpaired) electrons. The molecule has 2 nitrogen and oxygen atoms in total. The van der Waals surface area contributed by atoms with Gasteiger partial charge in [0.2, 0.25) is 0 Å². The molecule has 108 valence electrons. The number of pyridine rings is 1. The Morgan fingerprint density at radius 3 is 2.40 bits per heavy atom. The van der Waals surface area contributed by atoms with Crippen LogP contribution in [-0.4, -0.2) is 11.5 Å². The van der Waals surface area contributed by atoms with Crippen molar-refractivity contribution >= 4 is 16.6 Å². The lowest BCUT2D eigenvalue weighted by atomic mass is 9.96. The van der Waals surface area contributed by atoms with Crippen LogP contribution >= 0.6 is 0 Å². The van der Waals surface area contributed by atoms with E-state index in [4.69, 9.17) is 0 Å². The van der Waals surface area contributed by atoms with Gasteiger partial charge in [-0.1, -0.05) is 13.8 Å². The molecular weight excluding hydrogens is 265 g/mol. The fraction of sp³-hybridized carbons (Fsp3) is 0.400. The minimum Gasteiger partial charge on any atom is -0.384 e. The molecule has 0 atom stereocenters. The minimum atomic E-state index is -1.22. The molecule has 0 aliphatic carbocycles. The van der Waals surface area contributed by atoms with Crippen LogP contribution in [0.4, 0.5) is 18.9 Å². The number of nitrogens with one attached hydrogen (secondary N) is 1. The Labute approximate surface area is 116 Å². The SMILES string of the molecule is CCNc1c(C(C)C)c(C)nc2c(F)c(F)cc(F)c12. The summed E-state index contributed by atoms with van der Waals surface area (Å²) in [7, 11) is 0. The zero-order valence-corrected chi connectivity index (χ0v) is 11.9. The average molecular weight is 282 g/mol. The van der Waals surface area contributed by atoms with Gasteiger partial charge in [-0.05, 0) is 25.3 Å². The van der Waals surface area contributed by atoms with Crippen LogP contribution in [-0.2, 0) is 0 Å². The minimum absolute atomic E-state index is 0.0139. The van der Waals surface area contributed by atoms with E-state index in [0.29, 0.717) is 24.0 Å². The van der Waals surface area contributed by atoms with Gasteiger partial charge in [0.1, 0.15) is 11.3 Å². The summed E-state index contributed by atoms with van der Waals surface area (Å²) in [6.07, 6.45) is 0. The number of hydrogen-bond acceptors (Lipinski definition) is 2. The molecule has 1 aromatic carbocycles. The highest BCUT2D eigenvalue weighted by atomic mass is 19.2. The lowest BCUT2D eigenvalue weighted by Gasteiger charge is -2.19. The van der Waals surface area contributed by atoms with Gasteiger partial charge in [-0.15, -0.1) is 0 Å². The van der Waals surface area contributed by atoms with Gasteiger partial charge in [-0.25, -0.2) is 18.2 Å². The smallest absolute Gasteiger partial charge is 0.185 e. The molecule has 1 heterocycles. The number of fused-ring (bicyclic) bond motifs is 1. The molecule has 0 saturated heterocycles. The first-order valence-corrected chi connectivity index (χ1v) is 6.60. The lowest BCUT2D eigenvalue weighted by Crippen LogP contribution is -2.09. The van der Waals surface area contributed by atoms with Crippen LogP contribution in [0, 0.1) is 24.4 Å². The number of hydrogen-bond donors (Lipinski definition) is 1. The largest absolute Gasteiger partial charge is 0.384 e. The predicted molar refractivity (Wildman–Crippen MR) is 74.6 cm³/mol. The summed E-state index contributed by atoms with van der Waals surface area (Å²) in [6, 6.07) is 0.569.